The van der Waals surface area contributed by atoms with E-state index in [2.05, 4.69) is 38.5 Å². The van der Waals surface area contributed by atoms with Crippen LogP contribution >= 0.6 is 0 Å². The number of hydrogen-bond acceptors (Lipinski definition) is 7. The third-order valence-electron chi connectivity index (χ3n) is 7.32. The lowest BCUT2D eigenvalue weighted by Crippen LogP contribution is -2.53. The SMILES string of the molecule is C[C@H](c1cccc(-c2nn[nH]n2)c1)N1C(=O)[C@H]2C[C@@H]1CN2C[C@H](C)C(=O)N1CCC[C@H]1C#N. The second-order valence-electron chi connectivity index (χ2n) is 9.36. The van der Waals surface area contributed by atoms with E-state index in [0.29, 0.717) is 18.9 Å². The Morgan fingerprint density at radius 1 is 1.36 bits per heavy atom. The number of amides is 2. The first-order valence-electron chi connectivity index (χ1n) is 11.6. The van der Waals surface area contributed by atoms with E-state index in [1.807, 2.05) is 36.1 Å². The van der Waals surface area contributed by atoms with Crippen molar-refractivity contribution in [3.63, 3.8) is 0 Å². The molecule has 10 nitrogen and oxygen atoms in total. The number of aromatic nitrogens is 4. The van der Waals surface area contributed by atoms with E-state index in [4.69, 9.17) is 0 Å². The van der Waals surface area contributed by atoms with Gasteiger partial charge in [0.15, 0.2) is 0 Å². The average Bonchev–Trinajstić information content (AvgIpc) is 3.62. The summed E-state index contributed by atoms with van der Waals surface area (Å²) in [5, 5.41) is 23.5. The van der Waals surface area contributed by atoms with Crippen molar-refractivity contribution in [2.24, 2.45) is 5.92 Å². The van der Waals surface area contributed by atoms with Gasteiger partial charge in [-0.1, -0.05) is 25.1 Å². The molecule has 1 N–H and O–H groups in total. The number of fused-ring (bicyclic) bond motifs is 2. The smallest absolute Gasteiger partial charge is 0.240 e. The van der Waals surface area contributed by atoms with Gasteiger partial charge in [0, 0.05) is 37.2 Å². The molecule has 1 aromatic carbocycles. The molecule has 2 bridgehead atoms. The molecule has 4 heterocycles. The van der Waals surface area contributed by atoms with Gasteiger partial charge in [-0.2, -0.15) is 10.5 Å². The fraction of sp³-hybridized carbons (Fsp3) is 0.565. The van der Waals surface area contributed by atoms with E-state index in [-0.39, 0.29) is 41.9 Å². The predicted octanol–water partition coefficient (Wildman–Crippen LogP) is 1.36. The van der Waals surface area contributed by atoms with Crippen LogP contribution in [0.1, 0.15) is 44.7 Å². The summed E-state index contributed by atoms with van der Waals surface area (Å²) < 4.78 is 0. The van der Waals surface area contributed by atoms with Gasteiger partial charge in [-0.15, -0.1) is 10.2 Å². The molecule has 172 valence electrons. The van der Waals surface area contributed by atoms with Crippen LogP contribution in [0.3, 0.4) is 0 Å². The Labute approximate surface area is 192 Å². The molecule has 3 saturated heterocycles. The molecule has 5 rings (SSSR count). The number of carbonyl (C=O) groups is 2. The average molecular weight is 449 g/mol. The minimum Gasteiger partial charge on any atom is -0.330 e. The molecule has 3 fully saturated rings. The van der Waals surface area contributed by atoms with Crippen molar-refractivity contribution in [2.45, 2.75) is 57.3 Å². The minimum absolute atomic E-state index is 0.0257. The zero-order chi connectivity index (χ0) is 23.1. The van der Waals surface area contributed by atoms with E-state index in [1.165, 1.54) is 0 Å². The number of carbonyl (C=O) groups excluding carboxylic acids is 2. The summed E-state index contributed by atoms with van der Waals surface area (Å²) in [6.07, 6.45) is 2.42. The third kappa shape index (κ3) is 3.76. The minimum atomic E-state index is -0.309. The van der Waals surface area contributed by atoms with Crippen LogP contribution < -0.4 is 0 Å². The summed E-state index contributed by atoms with van der Waals surface area (Å²) in [7, 11) is 0. The second-order valence-corrected chi connectivity index (χ2v) is 9.36. The summed E-state index contributed by atoms with van der Waals surface area (Å²) in [5.74, 6) is 0.445. The van der Waals surface area contributed by atoms with Gasteiger partial charge < -0.3 is 9.80 Å². The van der Waals surface area contributed by atoms with Crippen molar-refractivity contribution in [1.29, 1.82) is 5.26 Å². The summed E-state index contributed by atoms with van der Waals surface area (Å²) >= 11 is 0. The first kappa shape index (κ1) is 21.5. The molecule has 2 amide bonds. The van der Waals surface area contributed by atoms with Crippen molar-refractivity contribution >= 4 is 11.8 Å². The fourth-order valence-electron chi connectivity index (χ4n) is 5.66. The first-order chi connectivity index (χ1) is 16.0. The number of aromatic amines is 1. The predicted molar refractivity (Wildman–Crippen MR) is 118 cm³/mol. The van der Waals surface area contributed by atoms with Crippen LogP contribution in [0.2, 0.25) is 0 Å². The monoisotopic (exact) mass is 448 g/mol. The summed E-state index contributed by atoms with van der Waals surface area (Å²) in [6.45, 7) is 5.94. The molecule has 33 heavy (non-hydrogen) atoms. The van der Waals surface area contributed by atoms with Crippen LogP contribution in [0, 0.1) is 17.2 Å². The van der Waals surface area contributed by atoms with Crippen molar-refractivity contribution in [2.75, 3.05) is 19.6 Å². The number of nitriles is 1. The molecule has 1 aromatic heterocycles. The highest BCUT2D eigenvalue weighted by Crippen LogP contribution is 2.38. The second kappa shape index (κ2) is 8.56. The van der Waals surface area contributed by atoms with Crippen LogP contribution in [0.25, 0.3) is 11.4 Å². The highest BCUT2D eigenvalue weighted by Gasteiger charge is 2.51. The van der Waals surface area contributed by atoms with Crippen molar-refractivity contribution in [1.82, 2.24) is 35.3 Å². The molecular formula is C23H28N8O2. The number of likely N-dealkylation sites (tertiary alicyclic amines) is 3. The number of piperazine rings is 1. The number of tetrazole rings is 1. The lowest BCUT2D eigenvalue weighted by Gasteiger charge is -2.38. The zero-order valence-corrected chi connectivity index (χ0v) is 18.9. The maximum Gasteiger partial charge on any atom is 0.240 e. The number of rotatable bonds is 6. The van der Waals surface area contributed by atoms with E-state index >= 15 is 0 Å². The number of hydrogen-bond donors (Lipinski definition) is 1. The van der Waals surface area contributed by atoms with Gasteiger partial charge in [-0.25, -0.2) is 0 Å². The van der Waals surface area contributed by atoms with E-state index < -0.39 is 0 Å². The Balaban J connectivity index is 1.24. The van der Waals surface area contributed by atoms with Crippen molar-refractivity contribution in [3.8, 4) is 17.5 Å². The molecule has 0 unspecified atom stereocenters. The Kier molecular flexibility index (Phi) is 5.58. The highest BCUT2D eigenvalue weighted by molar-refractivity contribution is 5.86. The summed E-state index contributed by atoms with van der Waals surface area (Å²) in [5.41, 5.74) is 1.89. The normalized spacial score (nSPS) is 26.6. The fourth-order valence-corrected chi connectivity index (χ4v) is 5.66. The standard InChI is InChI=1S/C23H28N8O2/c1-14(22(32)30-8-4-7-18(30)11-24)12-29-13-19-10-20(29)23(33)31(19)15(2)16-5-3-6-17(9-16)21-25-27-28-26-21/h3,5-6,9,14-15,18-20H,4,7-8,10,12-13H2,1-2H3,(H,25,26,27,28)/t14-,15+,18-,19+,20+/m0/s1. The molecule has 2 aromatic rings. The number of nitrogens with one attached hydrogen (secondary N) is 1. The Morgan fingerprint density at radius 2 is 2.21 bits per heavy atom. The zero-order valence-electron chi connectivity index (χ0n) is 18.9. The molecule has 3 aliphatic heterocycles. The van der Waals surface area contributed by atoms with Gasteiger partial charge >= 0.3 is 0 Å². The first-order valence-corrected chi connectivity index (χ1v) is 11.6. The van der Waals surface area contributed by atoms with Crippen molar-refractivity contribution < 1.29 is 9.59 Å². The summed E-state index contributed by atoms with van der Waals surface area (Å²) in [4.78, 5) is 32.1. The lowest BCUT2D eigenvalue weighted by molar-refractivity contribution is -0.142. The van der Waals surface area contributed by atoms with Gasteiger partial charge in [0.1, 0.15) is 6.04 Å². The number of nitrogens with zero attached hydrogens (tertiary/aromatic N) is 7. The van der Waals surface area contributed by atoms with Crippen molar-refractivity contribution in [3.05, 3.63) is 29.8 Å². The molecular weight excluding hydrogens is 420 g/mol. The van der Waals surface area contributed by atoms with Crippen LogP contribution in [0.15, 0.2) is 24.3 Å². The number of H-pyrrole nitrogens is 1. The molecule has 10 heteroatoms. The van der Waals surface area contributed by atoms with E-state index in [9.17, 15) is 14.9 Å². The Hall–Kier alpha value is -3.32. The Bertz CT molecular complexity index is 1080. The quantitative estimate of drug-likeness (QED) is 0.708. The van der Waals surface area contributed by atoms with Gasteiger partial charge in [-0.3, -0.25) is 14.5 Å². The topological polar surface area (TPSA) is 122 Å². The number of benzene rings is 1. The molecule has 0 radical (unpaired) electrons. The highest BCUT2D eigenvalue weighted by atomic mass is 16.2. The van der Waals surface area contributed by atoms with Crippen LogP contribution in [-0.2, 0) is 9.59 Å². The summed E-state index contributed by atoms with van der Waals surface area (Å²) in [6, 6.07) is 9.72. The lowest BCUT2D eigenvalue weighted by atomic mass is 10.0. The van der Waals surface area contributed by atoms with E-state index in [1.54, 1.807) is 4.90 Å². The van der Waals surface area contributed by atoms with Gasteiger partial charge in [0.2, 0.25) is 17.6 Å². The van der Waals surface area contributed by atoms with Crippen LogP contribution in [0.4, 0.5) is 0 Å². The van der Waals surface area contributed by atoms with Gasteiger partial charge in [0.25, 0.3) is 0 Å². The van der Waals surface area contributed by atoms with Gasteiger partial charge in [-0.05, 0) is 43.0 Å². The third-order valence-corrected chi connectivity index (χ3v) is 7.32. The maximum atomic E-state index is 13.3. The Morgan fingerprint density at radius 3 is 2.94 bits per heavy atom. The molecule has 0 saturated carbocycles. The molecule has 3 aliphatic rings. The maximum absolute atomic E-state index is 13.3. The largest absolute Gasteiger partial charge is 0.330 e. The molecule has 5 atom stereocenters. The van der Waals surface area contributed by atoms with Crippen LogP contribution in [-0.4, -0.2) is 84.9 Å². The van der Waals surface area contributed by atoms with Crippen LogP contribution in [0.5, 0.6) is 0 Å². The molecule has 0 aliphatic carbocycles. The van der Waals surface area contributed by atoms with Gasteiger partial charge in [0.05, 0.1) is 18.2 Å². The van der Waals surface area contributed by atoms with E-state index in [0.717, 1.165) is 36.9 Å². The molecule has 0 spiro atoms.